The van der Waals surface area contributed by atoms with E-state index in [2.05, 4.69) is 11.9 Å². The highest BCUT2D eigenvalue weighted by Gasteiger charge is 2.55. The summed E-state index contributed by atoms with van der Waals surface area (Å²) in [5.74, 6) is -0.322. The third-order valence-corrected chi connectivity index (χ3v) is 8.71. The monoisotopic (exact) mass is 610 g/mol. The predicted octanol–water partition coefficient (Wildman–Crippen LogP) is 6.37. The van der Waals surface area contributed by atoms with Crippen molar-refractivity contribution in [3.05, 3.63) is 120 Å². The minimum atomic E-state index is -0.862. The van der Waals surface area contributed by atoms with Gasteiger partial charge in [0.25, 0.3) is 0 Å². The molecule has 7 heteroatoms. The van der Waals surface area contributed by atoms with Crippen LogP contribution in [0.15, 0.2) is 104 Å². The summed E-state index contributed by atoms with van der Waals surface area (Å²) in [6.45, 7) is 5.01. The van der Waals surface area contributed by atoms with Crippen molar-refractivity contribution in [2.24, 2.45) is 0 Å². The quantitative estimate of drug-likeness (QED) is 0.203. The number of ether oxygens (including phenoxy) is 3. The normalized spacial score (nSPS) is 21.8. The van der Waals surface area contributed by atoms with Crippen molar-refractivity contribution in [3.8, 4) is 0 Å². The summed E-state index contributed by atoms with van der Waals surface area (Å²) in [6, 6.07) is 28.5. The van der Waals surface area contributed by atoms with Gasteiger partial charge in [0.2, 0.25) is 11.8 Å². The second-order valence-electron chi connectivity index (χ2n) is 12.0. The lowest BCUT2D eigenvalue weighted by molar-refractivity contribution is -0.144. The van der Waals surface area contributed by atoms with Crippen molar-refractivity contribution in [2.45, 2.75) is 95.1 Å². The minimum Gasteiger partial charge on any atom is -0.375 e. The molecule has 0 unspecified atom stereocenters. The van der Waals surface area contributed by atoms with E-state index in [1.54, 1.807) is 11.0 Å². The first-order valence-corrected chi connectivity index (χ1v) is 16.3. The minimum absolute atomic E-state index is 0.0863. The highest BCUT2D eigenvalue weighted by molar-refractivity contribution is 5.89. The molecule has 3 aromatic carbocycles. The third-order valence-electron chi connectivity index (χ3n) is 8.71. The number of benzene rings is 3. The van der Waals surface area contributed by atoms with Crippen LogP contribution in [0.25, 0.3) is 0 Å². The molecule has 2 fully saturated rings. The zero-order valence-corrected chi connectivity index (χ0v) is 26.1. The molecule has 0 aromatic heterocycles. The molecule has 5 rings (SSSR count). The van der Waals surface area contributed by atoms with Gasteiger partial charge in [-0.15, -0.1) is 6.58 Å². The molecule has 45 heavy (non-hydrogen) atoms. The number of allylic oxidation sites excluding steroid dienone is 1. The van der Waals surface area contributed by atoms with Crippen molar-refractivity contribution in [1.82, 2.24) is 10.2 Å². The van der Waals surface area contributed by atoms with E-state index in [4.69, 9.17) is 14.2 Å². The van der Waals surface area contributed by atoms with Gasteiger partial charge in [-0.1, -0.05) is 116 Å². The molecular weight excluding hydrogens is 564 g/mol. The number of rotatable bonds is 15. The second kappa shape index (κ2) is 17.1. The van der Waals surface area contributed by atoms with Crippen LogP contribution in [0.3, 0.4) is 0 Å². The van der Waals surface area contributed by atoms with Gasteiger partial charge in [0.1, 0.15) is 18.2 Å². The number of nitrogens with one attached hydrogen (secondary N) is 1. The summed E-state index contributed by atoms with van der Waals surface area (Å²) in [5, 5.41) is 3.30. The number of nitrogens with zero attached hydrogens (tertiary/aromatic N) is 1. The van der Waals surface area contributed by atoms with E-state index in [9.17, 15) is 9.59 Å². The highest BCUT2D eigenvalue weighted by Crippen LogP contribution is 2.34. The summed E-state index contributed by atoms with van der Waals surface area (Å²) in [7, 11) is 0. The van der Waals surface area contributed by atoms with Crippen LogP contribution in [0, 0.1) is 0 Å². The van der Waals surface area contributed by atoms with Crippen LogP contribution in [0.4, 0.5) is 0 Å². The molecule has 0 spiro atoms. The van der Waals surface area contributed by atoms with Crippen molar-refractivity contribution in [3.63, 3.8) is 0 Å². The molecular formula is C38H46N2O5. The Balaban J connectivity index is 1.47. The zero-order valence-electron chi connectivity index (χ0n) is 26.1. The van der Waals surface area contributed by atoms with E-state index in [1.807, 2.05) is 91.0 Å². The topological polar surface area (TPSA) is 77.1 Å². The number of likely N-dealkylation sites (tertiary alicyclic amines) is 1. The molecule has 0 radical (unpaired) electrons. The standard InChI is InChI=1S/C38H46N2O5/c1-2-3-24-34(41)40-33(28-43-25-29-16-8-4-9-17-29)36(44-26-30-18-10-5-11-19-30)37(45-27-31-20-12-6-13-21-31)35(40)38(42)39-32-22-14-7-15-23-32/h2,4-6,8-13,16-21,32-33,35-37H,1,3,7,14-15,22-28H2,(H,39,42)/t33-,35-,36+,37+/m1/s1. The summed E-state index contributed by atoms with van der Waals surface area (Å²) in [6.07, 6.45) is 6.42. The number of amides is 2. The van der Waals surface area contributed by atoms with Crippen LogP contribution in [0.5, 0.6) is 0 Å². The Hall–Kier alpha value is -3.78. The zero-order chi connectivity index (χ0) is 31.3. The Kier molecular flexibility index (Phi) is 12.4. The lowest BCUT2D eigenvalue weighted by atomic mass is 9.95. The highest BCUT2D eigenvalue weighted by atomic mass is 16.5. The van der Waals surface area contributed by atoms with E-state index in [0.717, 1.165) is 42.4 Å². The molecule has 2 aliphatic rings. The first-order valence-electron chi connectivity index (χ1n) is 16.3. The molecule has 1 aliphatic heterocycles. The van der Waals surface area contributed by atoms with Gasteiger partial charge >= 0.3 is 0 Å². The van der Waals surface area contributed by atoms with Gasteiger partial charge in [0.15, 0.2) is 0 Å². The number of hydrogen-bond donors (Lipinski definition) is 1. The Labute approximate surface area is 267 Å². The first-order chi connectivity index (χ1) is 22.1. The smallest absolute Gasteiger partial charge is 0.245 e. The first kappa shape index (κ1) is 32.6. The fourth-order valence-corrected chi connectivity index (χ4v) is 6.40. The van der Waals surface area contributed by atoms with E-state index < -0.39 is 24.3 Å². The SMILES string of the molecule is C=CCCC(=O)N1[C@H](COCc2ccccc2)[C@H](OCc2ccccc2)[C@@H](OCc2ccccc2)[C@@H]1C(=O)NC1CCCCC1. The van der Waals surface area contributed by atoms with Crippen LogP contribution in [-0.4, -0.2) is 53.7 Å². The van der Waals surface area contributed by atoms with Crippen LogP contribution < -0.4 is 5.32 Å². The molecule has 0 bridgehead atoms. The van der Waals surface area contributed by atoms with Gasteiger partial charge in [-0.05, 0) is 36.0 Å². The van der Waals surface area contributed by atoms with E-state index in [-0.39, 0.29) is 37.5 Å². The molecule has 238 valence electrons. The molecule has 4 atom stereocenters. The van der Waals surface area contributed by atoms with Crippen molar-refractivity contribution < 1.29 is 23.8 Å². The summed E-state index contributed by atoms with van der Waals surface area (Å²) in [5.41, 5.74) is 3.02. The lowest BCUT2D eigenvalue weighted by Crippen LogP contribution is -2.55. The molecule has 7 nitrogen and oxygen atoms in total. The average Bonchev–Trinajstić information content (AvgIpc) is 3.40. The molecule has 1 N–H and O–H groups in total. The van der Waals surface area contributed by atoms with Crippen molar-refractivity contribution >= 4 is 11.8 Å². The maximum atomic E-state index is 14.3. The van der Waals surface area contributed by atoms with Crippen molar-refractivity contribution in [1.29, 1.82) is 0 Å². The molecule has 2 amide bonds. The van der Waals surface area contributed by atoms with E-state index >= 15 is 0 Å². The number of hydrogen-bond acceptors (Lipinski definition) is 5. The van der Waals surface area contributed by atoms with Crippen LogP contribution in [-0.2, 0) is 43.6 Å². The summed E-state index contributed by atoms with van der Waals surface area (Å²) < 4.78 is 19.6. The Bertz CT molecular complexity index is 1330. The van der Waals surface area contributed by atoms with Crippen molar-refractivity contribution in [2.75, 3.05) is 6.61 Å². The predicted molar refractivity (Wildman–Crippen MR) is 175 cm³/mol. The fourth-order valence-electron chi connectivity index (χ4n) is 6.40. The maximum Gasteiger partial charge on any atom is 0.245 e. The largest absolute Gasteiger partial charge is 0.375 e. The number of carbonyl (C=O) groups is 2. The second-order valence-corrected chi connectivity index (χ2v) is 12.0. The fraction of sp³-hybridized carbons (Fsp3) is 0.421. The molecule has 1 heterocycles. The molecule has 3 aromatic rings. The average molecular weight is 611 g/mol. The van der Waals surface area contributed by atoms with Gasteiger partial charge in [0, 0.05) is 12.5 Å². The van der Waals surface area contributed by atoms with Gasteiger partial charge in [-0.2, -0.15) is 0 Å². The summed E-state index contributed by atoms with van der Waals surface area (Å²) >= 11 is 0. The maximum absolute atomic E-state index is 14.3. The Morgan fingerprint density at radius 1 is 0.756 bits per heavy atom. The Morgan fingerprint density at radius 3 is 1.84 bits per heavy atom. The summed E-state index contributed by atoms with van der Waals surface area (Å²) in [4.78, 5) is 30.0. The van der Waals surface area contributed by atoms with Gasteiger partial charge in [-0.25, -0.2) is 0 Å². The van der Waals surface area contributed by atoms with E-state index in [1.165, 1.54) is 6.42 Å². The van der Waals surface area contributed by atoms with Crippen LogP contribution in [0.1, 0.15) is 61.6 Å². The third kappa shape index (κ3) is 9.13. The van der Waals surface area contributed by atoms with Gasteiger partial charge in [0.05, 0.1) is 32.5 Å². The molecule has 1 saturated heterocycles. The van der Waals surface area contributed by atoms with Crippen LogP contribution in [0.2, 0.25) is 0 Å². The molecule has 1 saturated carbocycles. The Morgan fingerprint density at radius 2 is 1.29 bits per heavy atom. The van der Waals surface area contributed by atoms with Gasteiger partial charge in [-0.3, -0.25) is 9.59 Å². The number of carbonyl (C=O) groups excluding carboxylic acids is 2. The van der Waals surface area contributed by atoms with Gasteiger partial charge < -0.3 is 24.4 Å². The molecule has 1 aliphatic carbocycles. The lowest BCUT2D eigenvalue weighted by Gasteiger charge is -2.32. The van der Waals surface area contributed by atoms with E-state index in [0.29, 0.717) is 19.6 Å². The van der Waals surface area contributed by atoms with Crippen LogP contribution >= 0.6 is 0 Å².